The molecule has 268 valence electrons. The van der Waals surface area contributed by atoms with E-state index >= 15 is 0 Å². The number of carbonyl (C=O) groups is 3. The van der Waals surface area contributed by atoms with Crippen LogP contribution in [0.4, 0.5) is 4.79 Å². The van der Waals surface area contributed by atoms with Crippen molar-refractivity contribution in [2.75, 3.05) is 39.8 Å². The number of aliphatic hydroxyl groups excluding tert-OH is 1. The number of aliphatic hydroxyl groups is 1. The molecule has 3 aromatic rings. The predicted octanol–water partition coefficient (Wildman–Crippen LogP) is 3.20. The molecule has 49 heavy (non-hydrogen) atoms. The van der Waals surface area contributed by atoms with Crippen molar-refractivity contribution >= 4 is 40.5 Å². The molecule has 4 rings (SSSR count). The number of aromatic nitrogens is 2. The monoisotopic (exact) mass is 712 g/mol. The summed E-state index contributed by atoms with van der Waals surface area (Å²) < 4.78 is 0. The molecule has 2 aromatic heterocycles. The van der Waals surface area contributed by atoms with Gasteiger partial charge in [-0.25, -0.2) is 4.79 Å². The largest absolute Gasteiger partial charge is 0.390 e. The highest BCUT2D eigenvalue weighted by molar-refractivity contribution is 7.09. The van der Waals surface area contributed by atoms with Gasteiger partial charge in [-0.15, -0.1) is 22.7 Å². The molecular formula is C35H52N8O4S2. The highest BCUT2D eigenvalue weighted by Gasteiger charge is 2.37. The quantitative estimate of drug-likeness (QED) is 0.188. The second kappa shape index (κ2) is 18.0. The van der Waals surface area contributed by atoms with Crippen LogP contribution in [-0.2, 0) is 29.1 Å². The summed E-state index contributed by atoms with van der Waals surface area (Å²) in [4.78, 5) is 56.6. The first-order chi connectivity index (χ1) is 23.3. The van der Waals surface area contributed by atoms with E-state index in [1.807, 2.05) is 81.6 Å². The van der Waals surface area contributed by atoms with Crippen LogP contribution in [0, 0.1) is 11.8 Å². The van der Waals surface area contributed by atoms with Gasteiger partial charge >= 0.3 is 6.03 Å². The number of nitrogens with one attached hydrogen (secondary N) is 3. The van der Waals surface area contributed by atoms with E-state index in [2.05, 4.69) is 30.8 Å². The summed E-state index contributed by atoms with van der Waals surface area (Å²) in [7, 11) is 1.71. The first-order valence-corrected chi connectivity index (χ1v) is 18.6. The summed E-state index contributed by atoms with van der Waals surface area (Å²) in [6, 6.07) is 8.37. The number of rotatable bonds is 15. The number of thiazole rings is 2. The number of piperazine rings is 1. The predicted molar refractivity (Wildman–Crippen MR) is 194 cm³/mol. The molecule has 4 N–H and O–H groups in total. The normalized spacial score (nSPS) is 17.7. The van der Waals surface area contributed by atoms with E-state index in [4.69, 9.17) is 0 Å². The average molecular weight is 713 g/mol. The van der Waals surface area contributed by atoms with Crippen LogP contribution >= 0.6 is 22.7 Å². The Kier molecular flexibility index (Phi) is 14.1. The van der Waals surface area contributed by atoms with Crippen LogP contribution in [0.2, 0.25) is 0 Å². The Morgan fingerprint density at radius 2 is 1.71 bits per heavy atom. The lowest BCUT2D eigenvalue weighted by Gasteiger charge is -2.43. The van der Waals surface area contributed by atoms with Crippen molar-refractivity contribution in [3.63, 3.8) is 0 Å². The molecular weight excluding hydrogens is 661 g/mol. The zero-order valence-corrected chi connectivity index (χ0v) is 31.1. The van der Waals surface area contributed by atoms with Gasteiger partial charge in [0, 0.05) is 74.0 Å². The van der Waals surface area contributed by atoms with Gasteiger partial charge in [-0.3, -0.25) is 29.4 Å². The average Bonchev–Trinajstić information content (AvgIpc) is 3.75. The second-order valence-electron chi connectivity index (χ2n) is 14.2. The fourth-order valence-electron chi connectivity index (χ4n) is 5.88. The summed E-state index contributed by atoms with van der Waals surface area (Å²) in [5.74, 6) is -0.921. The molecule has 4 atom stereocenters. The molecule has 1 aliphatic rings. The van der Waals surface area contributed by atoms with E-state index in [1.165, 1.54) is 11.3 Å². The van der Waals surface area contributed by atoms with Crippen molar-refractivity contribution in [1.29, 1.82) is 0 Å². The van der Waals surface area contributed by atoms with Gasteiger partial charge < -0.3 is 26.0 Å². The molecule has 12 nitrogen and oxygen atoms in total. The Hall–Kier alpha value is -3.43. The van der Waals surface area contributed by atoms with E-state index in [1.54, 1.807) is 35.0 Å². The van der Waals surface area contributed by atoms with Crippen molar-refractivity contribution in [1.82, 2.24) is 40.6 Å². The minimum absolute atomic E-state index is 0.0706. The number of hydrogen-bond donors (Lipinski definition) is 4. The van der Waals surface area contributed by atoms with Crippen LogP contribution in [0.3, 0.4) is 0 Å². The van der Waals surface area contributed by atoms with Gasteiger partial charge in [-0.1, -0.05) is 44.2 Å². The van der Waals surface area contributed by atoms with E-state index < -0.39 is 29.6 Å². The van der Waals surface area contributed by atoms with E-state index in [-0.39, 0.29) is 36.9 Å². The van der Waals surface area contributed by atoms with Crippen molar-refractivity contribution in [2.45, 2.75) is 77.9 Å². The van der Waals surface area contributed by atoms with E-state index in [0.29, 0.717) is 32.6 Å². The zero-order chi connectivity index (χ0) is 35.6. The highest BCUT2D eigenvalue weighted by Crippen LogP contribution is 2.19. The van der Waals surface area contributed by atoms with Crippen LogP contribution in [0.5, 0.6) is 0 Å². The molecule has 0 unspecified atom stereocenters. The van der Waals surface area contributed by atoms with Crippen molar-refractivity contribution in [3.8, 4) is 0 Å². The molecule has 3 heterocycles. The summed E-state index contributed by atoms with van der Waals surface area (Å²) in [6.45, 7) is 13.1. The Morgan fingerprint density at radius 3 is 2.33 bits per heavy atom. The maximum absolute atomic E-state index is 13.9. The topological polar surface area (TPSA) is 143 Å². The number of amides is 4. The van der Waals surface area contributed by atoms with E-state index in [9.17, 15) is 19.5 Å². The molecule has 14 heteroatoms. The van der Waals surface area contributed by atoms with Gasteiger partial charge in [0.1, 0.15) is 6.04 Å². The second-order valence-corrected chi connectivity index (χ2v) is 16.1. The highest BCUT2D eigenvalue weighted by atomic mass is 32.1. The Balaban J connectivity index is 1.46. The van der Waals surface area contributed by atoms with Crippen LogP contribution in [0.1, 0.15) is 49.9 Å². The van der Waals surface area contributed by atoms with Crippen LogP contribution in [0.15, 0.2) is 53.7 Å². The summed E-state index contributed by atoms with van der Waals surface area (Å²) in [5, 5.41) is 21.0. The number of benzene rings is 1. The Morgan fingerprint density at radius 1 is 1.04 bits per heavy atom. The number of β-amino-alcohol motifs (C(OH)–C–C–N with tert-alkyl or cyclic N) is 1. The number of nitrogens with zero attached hydrogens (tertiary/aromatic N) is 5. The molecule has 1 saturated heterocycles. The fourth-order valence-corrected chi connectivity index (χ4v) is 7.16. The Bertz CT molecular complexity index is 1450. The molecule has 0 saturated carbocycles. The minimum atomic E-state index is -0.963. The van der Waals surface area contributed by atoms with Crippen LogP contribution < -0.4 is 16.0 Å². The lowest BCUT2D eigenvalue weighted by molar-refractivity contribution is -0.132. The van der Waals surface area contributed by atoms with Gasteiger partial charge in [-0.2, -0.15) is 0 Å². The molecule has 0 spiro atoms. The standard InChI is InChI=1S/C35H52N8O4S2/c1-24(2)28(17-38-34(47)41(6)18-26-15-36-22-48-26)32(45)39-29(14-25-10-8-7-9-11-25)31(44)21-43-13-12-42(19-27-16-37-23-49-27)20-30(43)33(46)40-35(3,4)5/h7-11,15-16,22-24,28-31,44H,12-14,17-21H2,1-6H3,(H,38,47)(H,39,45)(H,40,46)/t28-,29+,30+,31-/m0/s1. The maximum atomic E-state index is 13.9. The van der Waals surface area contributed by atoms with Crippen LogP contribution in [0.25, 0.3) is 0 Å². The lowest BCUT2D eigenvalue weighted by Crippen LogP contribution is -2.63. The first-order valence-electron chi connectivity index (χ1n) is 16.8. The third-order valence-corrected chi connectivity index (χ3v) is 10.1. The zero-order valence-electron chi connectivity index (χ0n) is 29.5. The SMILES string of the molecule is CC(C)[C@H](CNC(=O)N(C)Cc1cncs1)C(=O)N[C@H](Cc1ccccc1)[C@@H](O)CN1CCN(Cc2cncs2)C[C@@H]1C(=O)NC(C)(C)C. The van der Waals surface area contributed by atoms with Crippen molar-refractivity contribution < 1.29 is 19.5 Å². The lowest BCUT2D eigenvalue weighted by atomic mass is 9.93. The molecule has 1 aliphatic heterocycles. The molecule has 1 aromatic carbocycles. The summed E-state index contributed by atoms with van der Waals surface area (Å²) in [6.07, 6.45) is 3.04. The molecule has 0 radical (unpaired) electrons. The maximum Gasteiger partial charge on any atom is 0.317 e. The first kappa shape index (κ1) is 38.4. The van der Waals surface area contributed by atoms with Crippen molar-refractivity contribution in [2.24, 2.45) is 11.8 Å². The van der Waals surface area contributed by atoms with Gasteiger partial charge in [0.25, 0.3) is 0 Å². The Labute approximate surface area is 298 Å². The number of urea groups is 1. The minimum Gasteiger partial charge on any atom is -0.390 e. The number of hydrogen-bond acceptors (Lipinski definition) is 10. The third-order valence-electron chi connectivity index (χ3n) is 8.59. The van der Waals surface area contributed by atoms with Gasteiger partial charge in [0.2, 0.25) is 11.8 Å². The molecule has 0 bridgehead atoms. The fraction of sp³-hybridized carbons (Fsp3) is 0.571. The van der Waals surface area contributed by atoms with E-state index in [0.717, 1.165) is 21.9 Å². The van der Waals surface area contributed by atoms with Gasteiger partial charge in [0.05, 0.1) is 35.6 Å². The molecule has 0 aliphatic carbocycles. The number of carbonyl (C=O) groups excluding carboxylic acids is 3. The molecule has 4 amide bonds. The van der Waals surface area contributed by atoms with Gasteiger partial charge in [-0.05, 0) is 38.7 Å². The molecule has 1 fully saturated rings. The summed E-state index contributed by atoms with van der Waals surface area (Å²) >= 11 is 3.07. The van der Waals surface area contributed by atoms with Crippen molar-refractivity contribution in [3.05, 3.63) is 69.1 Å². The van der Waals surface area contributed by atoms with Gasteiger partial charge in [0.15, 0.2) is 0 Å². The third kappa shape index (κ3) is 12.1. The smallest absolute Gasteiger partial charge is 0.317 e. The summed E-state index contributed by atoms with van der Waals surface area (Å²) in [5.41, 5.74) is 4.10. The van der Waals surface area contributed by atoms with Crippen LogP contribution in [-0.4, -0.2) is 111 Å².